The number of pyridine rings is 1. The molecule has 0 aromatic carbocycles. The molecule has 0 bridgehead atoms. The molecule has 1 aromatic heterocycles. The molecule has 0 aliphatic rings. The molecule has 0 aliphatic heterocycles. The van der Waals surface area contributed by atoms with Gasteiger partial charge >= 0.3 is 0 Å². The van der Waals surface area contributed by atoms with Gasteiger partial charge in [-0.2, -0.15) is 0 Å². The second-order valence-corrected chi connectivity index (χ2v) is 5.85. The quantitative estimate of drug-likeness (QED) is 0.800. The number of amides is 1. The maximum atomic E-state index is 11.4. The van der Waals surface area contributed by atoms with Gasteiger partial charge < -0.3 is 11.1 Å². The Balaban J connectivity index is 2.73. The highest BCUT2D eigenvalue weighted by Gasteiger charge is 2.09. The maximum absolute atomic E-state index is 11.4. The molecule has 0 saturated carbocycles. The van der Waals surface area contributed by atoms with Crippen LogP contribution in [0.4, 0.5) is 5.69 Å². The highest BCUT2D eigenvalue weighted by Crippen LogP contribution is 2.10. The van der Waals surface area contributed by atoms with Gasteiger partial charge in [-0.1, -0.05) is 0 Å². The van der Waals surface area contributed by atoms with Crippen LogP contribution in [0.25, 0.3) is 0 Å². The van der Waals surface area contributed by atoms with Crippen molar-refractivity contribution < 1.29 is 13.2 Å². The molecule has 94 valence electrons. The number of hydrogen-bond donors (Lipinski definition) is 2. The number of anilines is 1. The molecule has 0 fully saturated rings. The van der Waals surface area contributed by atoms with E-state index in [1.54, 1.807) is 6.92 Å². The lowest BCUT2D eigenvalue weighted by molar-refractivity contribution is -0.116. The first-order valence-corrected chi connectivity index (χ1v) is 6.89. The first kappa shape index (κ1) is 13.6. The Hall–Kier alpha value is -1.47. The first-order valence-electron chi connectivity index (χ1n) is 5.00. The zero-order valence-corrected chi connectivity index (χ0v) is 10.5. The van der Waals surface area contributed by atoms with Crippen LogP contribution in [0.15, 0.2) is 23.4 Å². The smallest absolute Gasteiger partial charge is 0.225 e. The zero-order valence-electron chi connectivity index (χ0n) is 9.67. The molecular formula is C10H15N3O3S. The summed E-state index contributed by atoms with van der Waals surface area (Å²) >= 11 is 0. The van der Waals surface area contributed by atoms with Crippen LogP contribution in [0, 0.1) is 0 Å². The predicted octanol–water partition coefficient (Wildman–Crippen LogP) is 0.161. The van der Waals surface area contributed by atoms with Crippen LogP contribution in [0.1, 0.15) is 13.3 Å². The Kier molecular flexibility index (Phi) is 4.19. The van der Waals surface area contributed by atoms with Gasteiger partial charge in [0, 0.05) is 18.7 Å². The second-order valence-electron chi connectivity index (χ2n) is 3.89. The van der Waals surface area contributed by atoms with Crippen LogP contribution in [0.3, 0.4) is 0 Å². The largest absolute Gasteiger partial charge is 0.327 e. The molecule has 1 atom stereocenters. The van der Waals surface area contributed by atoms with E-state index in [4.69, 9.17) is 5.73 Å². The van der Waals surface area contributed by atoms with Crippen molar-refractivity contribution in [3.8, 4) is 0 Å². The van der Waals surface area contributed by atoms with Crippen molar-refractivity contribution >= 4 is 21.4 Å². The van der Waals surface area contributed by atoms with Crippen LogP contribution in [-0.2, 0) is 14.6 Å². The first-order chi connectivity index (χ1) is 7.79. The lowest BCUT2D eigenvalue weighted by atomic mass is 10.2. The van der Waals surface area contributed by atoms with E-state index in [1.165, 1.54) is 18.3 Å². The normalized spacial score (nSPS) is 13.1. The molecule has 0 spiro atoms. The van der Waals surface area contributed by atoms with E-state index in [0.717, 1.165) is 6.26 Å². The molecule has 17 heavy (non-hydrogen) atoms. The SMILES string of the molecule is CC(N)CC(=O)Nc1ccc(S(C)(=O)=O)nc1. The fraction of sp³-hybridized carbons (Fsp3) is 0.400. The molecular weight excluding hydrogens is 242 g/mol. The van der Waals surface area contributed by atoms with E-state index in [-0.39, 0.29) is 23.4 Å². The van der Waals surface area contributed by atoms with Crippen LogP contribution in [-0.4, -0.2) is 31.6 Å². The minimum atomic E-state index is -3.31. The van der Waals surface area contributed by atoms with E-state index in [1.807, 2.05) is 0 Å². The number of hydrogen-bond acceptors (Lipinski definition) is 5. The number of carbonyl (C=O) groups is 1. The lowest BCUT2D eigenvalue weighted by Gasteiger charge is -2.07. The Morgan fingerprint density at radius 3 is 2.59 bits per heavy atom. The highest BCUT2D eigenvalue weighted by molar-refractivity contribution is 7.90. The third-order valence-corrected chi connectivity index (χ3v) is 2.91. The van der Waals surface area contributed by atoms with Gasteiger partial charge in [-0.3, -0.25) is 4.79 Å². The monoisotopic (exact) mass is 257 g/mol. The Bertz CT molecular complexity index is 494. The molecule has 3 N–H and O–H groups in total. The molecule has 1 unspecified atom stereocenters. The zero-order chi connectivity index (χ0) is 13.1. The number of nitrogens with one attached hydrogen (secondary N) is 1. The molecule has 0 radical (unpaired) electrons. The molecule has 0 aliphatic carbocycles. The minimum Gasteiger partial charge on any atom is -0.327 e. The van der Waals surface area contributed by atoms with Crippen LogP contribution < -0.4 is 11.1 Å². The molecule has 1 amide bonds. The molecule has 0 saturated heterocycles. The van der Waals surface area contributed by atoms with E-state index < -0.39 is 9.84 Å². The van der Waals surface area contributed by atoms with Crippen molar-refractivity contribution in [2.45, 2.75) is 24.4 Å². The van der Waals surface area contributed by atoms with E-state index >= 15 is 0 Å². The van der Waals surface area contributed by atoms with Gasteiger partial charge in [0.15, 0.2) is 14.9 Å². The maximum Gasteiger partial charge on any atom is 0.225 e. The van der Waals surface area contributed by atoms with E-state index in [0.29, 0.717) is 5.69 Å². The molecule has 7 heteroatoms. The van der Waals surface area contributed by atoms with Gasteiger partial charge in [-0.15, -0.1) is 0 Å². The van der Waals surface area contributed by atoms with Crippen molar-refractivity contribution in [3.05, 3.63) is 18.3 Å². The van der Waals surface area contributed by atoms with Crippen molar-refractivity contribution in [1.82, 2.24) is 4.98 Å². The van der Waals surface area contributed by atoms with E-state index in [9.17, 15) is 13.2 Å². The van der Waals surface area contributed by atoms with Gasteiger partial charge in [-0.25, -0.2) is 13.4 Å². The molecule has 1 rings (SSSR count). The fourth-order valence-corrected chi connectivity index (χ4v) is 1.74. The van der Waals surface area contributed by atoms with Crippen molar-refractivity contribution in [2.75, 3.05) is 11.6 Å². The summed E-state index contributed by atoms with van der Waals surface area (Å²) in [6.45, 7) is 1.73. The van der Waals surface area contributed by atoms with Gasteiger partial charge in [-0.05, 0) is 19.1 Å². The van der Waals surface area contributed by atoms with Gasteiger partial charge in [0.2, 0.25) is 5.91 Å². The fourth-order valence-electron chi connectivity index (χ4n) is 1.18. The summed E-state index contributed by atoms with van der Waals surface area (Å²) in [7, 11) is -3.31. The summed E-state index contributed by atoms with van der Waals surface area (Å²) in [6.07, 6.45) is 2.58. The second kappa shape index (κ2) is 5.24. The summed E-state index contributed by atoms with van der Waals surface area (Å²) < 4.78 is 22.3. The number of carbonyl (C=O) groups excluding carboxylic acids is 1. The number of aromatic nitrogens is 1. The Labute approximate surface area is 100 Å². The van der Waals surface area contributed by atoms with Crippen molar-refractivity contribution in [1.29, 1.82) is 0 Å². The summed E-state index contributed by atoms with van der Waals surface area (Å²) in [4.78, 5) is 15.1. The average Bonchev–Trinajstić information content (AvgIpc) is 2.15. The summed E-state index contributed by atoms with van der Waals surface area (Å²) in [5.74, 6) is -0.228. The number of sulfone groups is 1. The van der Waals surface area contributed by atoms with Crippen molar-refractivity contribution in [2.24, 2.45) is 5.73 Å². The standard InChI is InChI=1S/C10H15N3O3S/c1-7(11)5-9(14)13-8-3-4-10(12-6-8)17(2,15)16/h3-4,6-7H,5,11H2,1-2H3,(H,13,14). The van der Waals surface area contributed by atoms with Gasteiger partial charge in [0.05, 0.1) is 11.9 Å². The van der Waals surface area contributed by atoms with Gasteiger partial charge in [0.25, 0.3) is 0 Å². The van der Waals surface area contributed by atoms with Crippen LogP contribution >= 0.6 is 0 Å². The number of nitrogens with two attached hydrogens (primary N) is 1. The summed E-state index contributed by atoms with van der Waals surface area (Å²) in [5, 5.41) is 2.55. The lowest BCUT2D eigenvalue weighted by Crippen LogP contribution is -2.24. The topological polar surface area (TPSA) is 102 Å². The van der Waals surface area contributed by atoms with E-state index in [2.05, 4.69) is 10.3 Å². The van der Waals surface area contributed by atoms with Crippen LogP contribution in [0.2, 0.25) is 0 Å². The third kappa shape index (κ3) is 4.49. The third-order valence-electron chi connectivity index (χ3n) is 1.91. The summed E-state index contributed by atoms with van der Waals surface area (Å²) in [5.41, 5.74) is 5.92. The predicted molar refractivity (Wildman–Crippen MR) is 64.2 cm³/mol. The molecule has 6 nitrogen and oxygen atoms in total. The number of rotatable bonds is 4. The summed E-state index contributed by atoms with van der Waals surface area (Å²) in [6, 6.07) is 2.61. The minimum absolute atomic E-state index is 0.0253. The Morgan fingerprint density at radius 1 is 1.53 bits per heavy atom. The van der Waals surface area contributed by atoms with Crippen molar-refractivity contribution in [3.63, 3.8) is 0 Å². The Morgan fingerprint density at radius 2 is 2.18 bits per heavy atom. The highest BCUT2D eigenvalue weighted by atomic mass is 32.2. The van der Waals surface area contributed by atoms with Gasteiger partial charge in [0.1, 0.15) is 0 Å². The molecule has 1 aromatic rings. The number of nitrogens with zero attached hydrogens (tertiary/aromatic N) is 1. The molecule has 1 heterocycles. The average molecular weight is 257 g/mol. The van der Waals surface area contributed by atoms with Crippen LogP contribution in [0.5, 0.6) is 0 Å².